The van der Waals surface area contributed by atoms with Crippen LogP contribution in [0.5, 0.6) is 0 Å². The number of halogens is 4. The summed E-state index contributed by atoms with van der Waals surface area (Å²) in [5, 5.41) is 2.10. The van der Waals surface area contributed by atoms with Crippen LogP contribution in [0.4, 0.5) is 29.3 Å². The van der Waals surface area contributed by atoms with E-state index in [2.05, 4.69) is 10.0 Å². The van der Waals surface area contributed by atoms with Gasteiger partial charge in [0.2, 0.25) is 0 Å². The number of carbonyl (C=O) groups excluding carboxylic acids is 1. The maximum absolute atomic E-state index is 12.9. The summed E-state index contributed by atoms with van der Waals surface area (Å²) >= 11 is 5.54. The van der Waals surface area contributed by atoms with E-state index >= 15 is 0 Å². The fourth-order valence-corrected chi connectivity index (χ4v) is 3.73. The van der Waals surface area contributed by atoms with Gasteiger partial charge in [-0.05, 0) is 56.3 Å². The van der Waals surface area contributed by atoms with Crippen molar-refractivity contribution in [1.29, 1.82) is 0 Å². The molecular weight excluding hydrogens is 431 g/mol. The summed E-state index contributed by atoms with van der Waals surface area (Å²) in [5.74, 6) is 0. The Bertz CT molecular complexity index is 976. The van der Waals surface area contributed by atoms with E-state index in [0.29, 0.717) is 24.8 Å². The van der Waals surface area contributed by atoms with Crippen molar-refractivity contribution in [1.82, 2.24) is 4.90 Å². The van der Waals surface area contributed by atoms with E-state index in [4.69, 9.17) is 11.6 Å². The third kappa shape index (κ3) is 5.77. The second-order valence-electron chi connectivity index (χ2n) is 5.92. The molecule has 0 unspecified atom stereocenters. The third-order valence-electron chi connectivity index (χ3n) is 3.99. The number of benzene rings is 2. The number of carbonyl (C=O) groups is 1. The van der Waals surface area contributed by atoms with Crippen molar-refractivity contribution in [2.45, 2.75) is 24.9 Å². The largest absolute Gasteiger partial charge is 0.417 e. The van der Waals surface area contributed by atoms with Gasteiger partial charge in [0.1, 0.15) is 0 Å². The summed E-state index contributed by atoms with van der Waals surface area (Å²) in [7, 11) is -4.14. The fraction of sp³-hybridized carbons (Fsp3) is 0.278. The zero-order valence-electron chi connectivity index (χ0n) is 15.5. The molecule has 0 atom stereocenters. The number of amides is 2. The van der Waals surface area contributed by atoms with Gasteiger partial charge in [0.15, 0.2) is 0 Å². The Morgan fingerprint density at radius 3 is 2.10 bits per heavy atom. The first-order valence-corrected chi connectivity index (χ1v) is 10.4. The van der Waals surface area contributed by atoms with E-state index < -0.39 is 26.8 Å². The maximum Gasteiger partial charge on any atom is 0.417 e. The summed E-state index contributed by atoms with van der Waals surface area (Å²) in [6, 6.07) is 7.64. The van der Waals surface area contributed by atoms with Crippen LogP contribution in [-0.2, 0) is 16.2 Å². The van der Waals surface area contributed by atoms with Crippen molar-refractivity contribution >= 4 is 39.0 Å². The van der Waals surface area contributed by atoms with Gasteiger partial charge < -0.3 is 10.2 Å². The number of hydrogen-bond acceptors (Lipinski definition) is 3. The molecular formula is C18H19ClF3N3O3S. The van der Waals surface area contributed by atoms with Crippen LogP contribution in [0.3, 0.4) is 0 Å². The molecule has 0 spiro atoms. The molecule has 0 saturated heterocycles. The van der Waals surface area contributed by atoms with E-state index in [1.165, 1.54) is 24.3 Å². The molecule has 2 N–H and O–H groups in total. The Labute approximate surface area is 171 Å². The van der Waals surface area contributed by atoms with Crippen molar-refractivity contribution in [3.8, 4) is 0 Å². The van der Waals surface area contributed by atoms with Crippen molar-refractivity contribution < 1.29 is 26.4 Å². The molecule has 2 rings (SSSR count). The first-order valence-electron chi connectivity index (χ1n) is 8.53. The molecule has 11 heteroatoms. The first kappa shape index (κ1) is 22.8. The summed E-state index contributed by atoms with van der Waals surface area (Å²) in [4.78, 5) is 13.4. The van der Waals surface area contributed by atoms with Gasteiger partial charge in [-0.1, -0.05) is 11.6 Å². The molecule has 158 valence electrons. The number of rotatable bonds is 6. The number of nitrogens with one attached hydrogen (secondary N) is 2. The molecule has 2 aromatic rings. The van der Waals surface area contributed by atoms with E-state index in [1.807, 2.05) is 13.8 Å². The predicted molar refractivity (Wildman–Crippen MR) is 106 cm³/mol. The quantitative estimate of drug-likeness (QED) is 0.649. The van der Waals surface area contributed by atoms with Gasteiger partial charge in [-0.3, -0.25) is 4.72 Å². The van der Waals surface area contributed by atoms with E-state index in [-0.39, 0.29) is 16.6 Å². The molecule has 0 heterocycles. The number of urea groups is 1. The molecule has 0 fully saturated rings. The van der Waals surface area contributed by atoms with Crippen molar-refractivity contribution in [2.24, 2.45) is 0 Å². The van der Waals surface area contributed by atoms with Crippen LogP contribution in [0.1, 0.15) is 19.4 Å². The summed E-state index contributed by atoms with van der Waals surface area (Å²) < 4.78 is 65.8. The Morgan fingerprint density at radius 2 is 1.59 bits per heavy atom. The van der Waals surface area contributed by atoms with Crippen molar-refractivity contribution in [2.75, 3.05) is 23.1 Å². The predicted octanol–water partition coefficient (Wildman–Crippen LogP) is 5.03. The van der Waals surface area contributed by atoms with Crippen LogP contribution in [0.25, 0.3) is 0 Å². The molecule has 2 amide bonds. The van der Waals surface area contributed by atoms with Crippen molar-refractivity contribution in [3.63, 3.8) is 0 Å². The lowest BCUT2D eigenvalue weighted by atomic mass is 10.2. The Balaban J connectivity index is 2.19. The number of hydrogen-bond donors (Lipinski definition) is 2. The molecule has 0 aliphatic carbocycles. The molecule has 29 heavy (non-hydrogen) atoms. The second-order valence-corrected chi connectivity index (χ2v) is 8.01. The lowest BCUT2D eigenvalue weighted by Crippen LogP contribution is -2.34. The Morgan fingerprint density at radius 1 is 1.03 bits per heavy atom. The average molecular weight is 450 g/mol. The van der Waals surface area contributed by atoms with Gasteiger partial charge in [-0.15, -0.1) is 0 Å². The van der Waals surface area contributed by atoms with E-state index in [9.17, 15) is 26.4 Å². The number of alkyl halides is 3. The zero-order valence-corrected chi connectivity index (χ0v) is 17.1. The summed E-state index contributed by atoms with van der Waals surface area (Å²) in [6.07, 6.45) is -4.72. The SMILES string of the molecule is CCN(CC)C(=O)Nc1ccc(S(=O)(=O)Nc2ccc(Cl)c(C(F)(F)F)c2)cc1. The highest BCUT2D eigenvalue weighted by Gasteiger charge is 2.33. The van der Waals surface area contributed by atoms with Crippen LogP contribution in [0, 0.1) is 0 Å². The highest BCUT2D eigenvalue weighted by atomic mass is 35.5. The summed E-state index contributed by atoms with van der Waals surface area (Å²) in [6.45, 7) is 4.68. The maximum atomic E-state index is 12.9. The Kier molecular flexibility index (Phi) is 7.02. The van der Waals surface area contributed by atoms with Gasteiger partial charge in [-0.2, -0.15) is 13.2 Å². The fourth-order valence-electron chi connectivity index (χ4n) is 2.45. The lowest BCUT2D eigenvalue weighted by molar-refractivity contribution is -0.137. The Hall–Kier alpha value is -2.46. The van der Waals surface area contributed by atoms with Crippen LogP contribution in [0.2, 0.25) is 5.02 Å². The van der Waals surface area contributed by atoms with Crippen LogP contribution in [0.15, 0.2) is 47.4 Å². The van der Waals surface area contributed by atoms with Gasteiger partial charge in [-0.25, -0.2) is 13.2 Å². The van der Waals surface area contributed by atoms with Gasteiger partial charge >= 0.3 is 12.2 Å². The highest BCUT2D eigenvalue weighted by molar-refractivity contribution is 7.92. The number of nitrogens with zero attached hydrogens (tertiary/aromatic N) is 1. The van der Waals surface area contributed by atoms with Gasteiger partial charge in [0.05, 0.1) is 15.5 Å². The van der Waals surface area contributed by atoms with Gasteiger partial charge in [0, 0.05) is 24.5 Å². The topological polar surface area (TPSA) is 78.5 Å². The second kappa shape index (κ2) is 8.91. The molecule has 0 bridgehead atoms. The third-order valence-corrected chi connectivity index (χ3v) is 5.72. The molecule has 0 aliphatic heterocycles. The average Bonchev–Trinajstić information content (AvgIpc) is 2.63. The molecule has 0 aromatic heterocycles. The standard InChI is InChI=1S/C18H19ClF3N3O3S/c1-3-25(4-2)17(26)23-12-5-8-14(9-6-12)29(27,28)24-13-7-10-16(19)15(11-13)18(20,21)22/h5-11,24H,3-4H2,1-2H3,(H,23,26). The molecule has 0 aliphatic rings. The lowest BCUT2D eigenvalue weighted by Gasteiger charge is -2.19. The van der Waals surface area contributed by atoms with Gasteiger partial charge in [0.25, 0.3) is 10.0 Å². The monoisotopic (exact) mass is 449 g/mol. The van der Waals surface area contributed by atoms with Crippen LogP contribution in [-0.4, -0.2) is 32.4 Å². The molecule has 0 radical (unpaired) electrons. The number of anilines is 2. The minimum Gasteiger partial charge on any atom is -0.325 e. The molecule has 2 aromatic carbocycles. The zero-order chi connectivity index (χ0) is 21.8. The van der Waals surface area contributed by atoms with Crippen LogP contribution >= 0.6 is 11.6 Å². The minimum atomic E-state index is -4.72. The number of sulfonamides is 1. The normalized spacial score (nSPS) is 11.8. The molecule has 6 nitrogen and oxygen atoms in total. The van der Waals surface area contributed by atoms with E-state index in [0.717, 1.165) is 12.1 Å². The van der Waals surface area contributed by atoms with Crippen LogP contribution < -0.4 is 10.0 Å². The van der Waals surface area contributed by atoms with Crippen molar-refractivity contribution in [3.05, 3.63) is 53.1 Å². The minimum absolute atomic E-state index is 0.179. The molecule has 0 saturated carbocycles. The first-order chi connectivity index (χ1) is 13.5. The smallest absolute Gasteiger partial charge is 0.325 e. The van der Waals surface area contributed by atoms with E-state index in [1.54, 1.807) is 4.90 Å². The highest BCUT2D eigenvalue weighted by Crippen LogP contribution is 2.36. The summed E-state index contributed by atoms with van der Waals surface area (Å²) in [5.41, 5.74) is -1.04.